The van der Waals surface area contributed by atoms with E-state index in [0.717, 1.165) is 25.9 Å². The van der Waals surface area contributed by atoms with Gasteiger partial charge >= 0.3 is 0 Å². The Bertz CT molecular complexity index is 188. The number of piperidine rings is 1. The van der Waals surface area contributed by atoms with Crippen molar-refractivity contribution in [2.24, 2.45) is 5.41 Å². The van der Waals surface area contributed by atoms with Gasteiger partial charge in [0.15, 0.2) is 0 Å². The monoisotopic (exact) mass is 186 g/mol. The Morgan fingerprint density at radius 3 is 2.77 bits per heavy atom. The number of amides is 1. The molecule has 4 heteroatoms. The van der Waals surface area contributed by atoms with Crippen LogP contribution in [0, 0.1) is 5.41 Å². The summed E-state index contributed by atoms with van der Waals surface area (Å²) in [6.07, 6.45) is 1.99. The first-order valence-electron chi connectivity index (χ1n) is 4.63. The standard InChI is InChI=1S/C9H18N2O2/c1-9(5-4-6-10-7-9)8(12)11(2)13-3/h10H,4-7H2,1-3H3. The third-order valence-electron chi connectivity index (χ3n) is 2.67. The second-order valence-corrected chi connectivity index (χ2v) is 3.83. The average molecular weight is 186 g/mol. The number of hydroxylamine groups is 2. The lowest BCUT2D eigenvalue weighted by atomic mass is 9.82. The summed E-state index contributed by atoms with van der Waals surface area (Å²) in [5.74, 6) is 0.0576. The van der Waals surface area contributed by atoms with Crippen LogP contribution in [-0.2, 0) is 9.63 Å². The molecule has 1 fully saturated rings. The van der Waals surface area contributed by atoms with E-state index in [1.165, 1.54) is 12.2 Å². The number of rotatable bonds is 2. The molecular weight excluding hydrogens is 168 g/mol. The molecule has 0 bridgehead atoms. The lowest BCUT2D eigenvalue weighted by Crippen LogP contribution is -2.48. The summed E-state index contributed by atoms with van der Waals surface area (Å²) in [7, 11) is 3.17. The predicted octanol–water partition coefficient (Wildman–Crippen LogP) is 0.396. The van der Waals surface area contributed by atoms with Gasteiger partial charge in [0.1, 0.15) is 0 Å². The third kappa shape index (κ3) is 2.19. The van der Waals surface area contributed by atoms with Crippen LogP contribution in [0.15, 0.2) is 0 Å². The van der Waals surface area contributed by atoms with Gasteiger partial charge in [-0.3, -0.25) is 9.63 Å². The number of hydrogen-bond acceptors (Lipinski definition) is 3. The normalized spacial score (nSPS) is 28.5. The van der Waals surface area contributed by atoms with Gasteiger partial charge in [-0.05, 0) is 26.3 Å². The first kappa shape index (κ1) is 10.5. The van der Waals surface area contributed by atoms with Crippen LogP contribution in [0.4, 0.5) is 0 Å². The second kappa shape index (κ2) is 4.07. The molecule has 1 amide bonds. The van der Waals surface area contributed by atoms with E-state index >= 15 is 0 Å². The van der Waals surface area contributed by atoms with Crippen molar-refractivity contribution < 1.29 is 9.63 Å². The Hall–Kier alpha value is -0.610. The summed E-state index contributed by atoms with van der Waals surface area (Å²) in [6, 6.07) is 0. The fourth-order valence-electron chi connectivity index (χ4n) is 1.70. The van der Waals surface area contributed by atoms with Crippen molar-refractivity contribution in [2.75, 3.05) is 27.2 Å². The van der Waals surface area contributed by atoms with Crippen molar-refractivity contribution in [1.82, 2.24) is 10.4 Å². The summed E-state index contributed by atoms with van der Waals surface area (Å²) >= 11 is 0. The minimum absolute atomic E-state index is 0.0576. The van der Waals surface area contributed by atoms with Crippen LogP contribution in [0.3, 0.4) is 0 Å². The van der Waals surface area contributed by atoms with Crippen LogP contribution in [0.5, 0.6) is 0 Å². The summed E-state index contributed by atoms with van der Waals surface area (Å²) in [5, 5.41) is 4.54. The van der Waals surface area contributed by atoms with Crippen LogP contribution < -0.4 is 5.32 Å². The molecule has 0 radical (unpaired) electrons. The van der Waals surface area contributed by atoms with Crippen LogP contribution in [0.1, 0.15) is 19.8 Å². The zero-order valence-corrected chi connectivity index (χ0v) is 8.59. The van der Waals surface area contributed by atoms with Gasteiger partial charge in [-0.1, -0.05) is 0 Å². The van der Waals surface area contributed by atoms with E-state index in [1.54, 1.807) is 7.05 Å². The first-order valence-corrected chi connectivity index (χ1v) is 4.63. The van der Waals surface area contributed by atoms with E-state index in [4.69, 9.17) is 4.84 Å². The van der Waals surface area contributed by atoms with Crippen molar-refractivity contribution in [3.63, 3.8) is 0 Å². The molecule has 0 aromatic rings. The predicted molar refractivity (Wildman–Crippen MR) is 50.0 cm³/mol. The van der Waals surface area contributed by atoms with Crippen LogP contribution in [-0.4, -0.2) is 38.2 Å². The van der Waals surface area contributed by atoms with Gasteiger partial charge in [0, 0.05) is 13.6 Å². The number of carbonyl (C=O) groups is 1. The highest BCUT2D eigenvalue weighted by Gasteiger charge is 2.36. The Balaban J connectivity index is 2.61. The summed E-state index contributed by atoms with van der Waals surface area (Å²) < 4.78 is 0. The smallest absolute Gasteiger partial charge is 0.253 e. The third-order valence-corrected chi connectivity index (χ3v) is 2.67. The van der Waals surface area contributed by atoms with Crippen molar-refractivity contribution in [1.29, 1.82) is 0 Å². The zero-order chi connectivity index (χ0) is 9.90. The van der Waals surface area contributed by atoms with Gasteiger partial charge in [-0.2, -0.15) is 0 Å². The molecule has 0 saturated carbocycles. The summed E-state index contributed by atoms with van der Waals surface area (Å²) in [6.45, 7) is 3.75. The van der Waals surface area contributed by atoms with Gasteiger partial charge in [0.05, 0.1) is 12.5 Å². The molecule has 0 aromatic heterocycles. The highest BCUT2D eigenvalue weighted by Crippen LogP contribution is 2.27. The Kier molecular flexibility index (Phi) is 3.27. The highest BCUT2D eigenvalue weighted by molar-refractivity contribution is 5.81. The minimum Gasteiger partial charge on any atom is -0.316 e. The van der Waals surface area contributed by atoms with Gasteiger partial charge in [-0.25, -0.2) is 5.06 Å². The van der Waals surface area contributed by atoms with Gasteiger partial charge < -0.3 is 5.32 Å². The topological polar surface area (TPSA) is 41.6 Å². The van der Waals surface area contributed by atoms with Gasteiger partial charge in [0.25, 0.3) is 5.91 Å². The van der Waals surface area contributed by atoms with Crippen LogP contribution >= 0.6 is 0 Å². The molecule has 0 aromatic carbocycles. The average Bonchev–Trinajstić information content (AvgIpc) is 2.16. The molecule has 1 aliphatic rings. The molecule has 1 atom stereocenters. The van der Waals surface area contributed by atoms with E-state index in [-0.39, 0.29) is 11.3 Å². The molecular formula is C9H18N2O2. The Labute approximate surface area is 79.2 Å². The van der Waals surface area contributed by atoms with Crippen LogP contribution in [0.2, 0.25) is 0 Å². The van der Waals surface area contributed by atoms with E-state index in [0.29, 0.717) is 0 Å². The van der Waals surface area contributed by atoms with E-state index in [2.05, 4.69) is 5.32 Å². The van der Waals surface area contributed by atoms with Gasteiger partial charge in [0.2, 0.25) is 0 Å². The van der Waals surface area contributed by atoms with Crippen molar-refractivity contribution in [2.45, 2.75) is 19.8 Å². The van der Waals surface area contributed by atoms with E-state index in [9.17, 15) is 4.79 Å². The van der Waals surface area contributed by atoms with Crippen molar-refractivity contribution in [3.05, 3.63) is 0 Å². The minimum atomic E-state index is -0.289. The Morgan fingerprint density at radius 2 is 2.31 bits per heavy atom. The lowest BCUT2D eigenvalue weighted by molar-refractivity contribution is -0.180. The summed E-state index contributed by atoms with van der Waals surface area (Å²) in [5.41, 5.74) is -0.289. The fraction of sp³-hybridized carbons (Fsp3) is 0.889. The molecule has 76 valence electrons. The number of hydrogen-bond donors (Lipinski definition) is 1. The maximum atomic E-state index is 11.8. The highest BCUT2D eigenvalue weighted by atomic mass is 16.7. The maximum absolute atomic E-state index is 11.8. The molecule has 1 rings (SSSR count). The number of nitrogens with zero attached hydrogens (tertiary/aromatic N) is 1. The Morgan fingerprint density at radius 1 is 1.62 bits per heavy atom. The SMILES string of the molecule is CON(C)C(=O)C1(C)CCCNC1. The molecule has 1 unspecified atom stereocenters. The zero-order valence-electron chi connectivity index (χ0n) is 8.59. The maximum Gasteiger partial charge on any atom is 0.253 e. The second-order valence-electron chi connectivity index (χ2n) is 3.83. The molecule has 0 spiro atoms. The molecule has 4 nitrogen and oxygen atoms in total. The number of carbonyl (C=O) groups excluding carboxylic acids is 1. The van der Waals surface area contributed by atoms with Crippen LogP contribution in [0.25, 0.3) is 0 Å². The molecule has 0 aliphatic carbocycles. The number of nitrogens with one attached hydrogen (secondary N) is 1. The largest absolute Gasteiger partial charge is 0.316 e. The van der Waals surface area contributed by atoms with Crippen molar-refractivity contribution in [3.8, 4) is 0 Å². The summed E-state index contributed by atoms with van der Waals surface area (Å²) in [4.78, 5) is 16.7. The fourth-order valence-corrected chi connectivity index (χ4v) is 1.70. The molecule has 1 N–H and O–H groups in total. The van der Waals surface area contributed by atoms with Gasteiger partial charge in [-0.15, -0.1) is 0 Å². The molecule has 1 heterocycles. The van der Waals surface area contributed by atoms with E-state index in [1.807, 2.05) is 6.92 Å². The molecule has 1 saturated heterocycles. The first-order chi connectivity index (χ1) is 6.10. The van der Waals surface area contributed by atoms with Crippen molar-refractivity contribution >= 4 is 5.91 Å². The lowest BCUT2D eigenvalue weighted by Gasteiger charge is -2.34. The molecule has 13 heavy (non-hydrogen) atoms. The quantitative estimate of drug-likeness (QED) is 0.634. The van der Waals surface area contributed by atoms with E-state index < -0.39 is 0 Å². The molecule has 1 aliphatic heterocycles.